The lowest BCUT2D eigenvalue weighted by atomic mass is 9.71. The normalized spacial score (nSPS) is 26.2. The Hall–Kier alpha value is -1.24. The standard InChI is InChI=1S/C18H24O/c1-11-9-19-10-13-7-15-16(8-14(11)13)18(5,6)12(2)17(15,3)4/h7-9,12H,10H2,1-6H3. The third-order valence-electron chi connectivity index (χ3n) is 5.72. The van der Waals surface area contributed by atoms with E-state index in [2.05, 4.69) is 53.7 Å². The van der Waals surface area contributed by atoms with Gasteiger partial charge in [0.2, 0.25) is 0 Å². The zero-order valence-electron chi connectivity index (χ0n) is 12.9. The van der Waals surface area contributed by atoms with E-state index in [1.165, 1.54) is 27.8 Å². The van der Waals surface area contributed by atoms with E-state index in [1.54, 1.807) is 0 Å². The van der Waals surface area contributed by atoms with Gasteiger partial charge < -0.3 is 4.74 Å². The Kier molecular flexibility index (Phi) is 2.46. The molecule has 0 fully saturated rings. The second-order valence-corrected chi connectivity index (χ2v) is 7.33. The molecular weight excluding hydrogens is 232 g/mol. The number of rotatable bonds is 0. The molecule has 1 aromatic rings. The van der Waals surface area contributed by atoms with Crippen LogP contribution in [0.15, 0.2) is 18.4 Å². The van der Waals surface area contributed by atoms with Crippen LogP contribution in [0.2, 0.25) is 0 Å². The van der Waals surface area contributed by atoms with E-state index < -0.39 is 0 Å². The van der Waals surface area contributed by atoms with Crippen LogP contribution < -0.4 is 0 Å². The van der Waals surface area contributed by atoms with Crippen LogP contribution in [-0.4, -0.2) is 0 Å². The van der Waals surface area contributed by atoms with Crippen molar-refractivity contribution in [2.75, 3.05) is 0 Å². The topological polar surface area (TPSA) is 9.23 Å². The van der Waals surface area contributed by atoms with Crippen molar-refractivity contribution in [1.82, 2.24) is 0 Å². The van der Waals surface area contributed by atoms with Crippen LogP contribution in [0.3, 0.4) is 0 Å². The Morgan fingerprint density at radius 1 is 1.05 bits per heavy atom. The van der Waals surface area contributed by atoms with Crippen LogP contribution in [0.1, 0.15) is 63.8 Å². The van der Waals surface area contributed by atoms with Crippen LogP contribution in [0.4, 0.5) is 0 Å². The van der Waals surface area contributed by atoms with E-state index in [9.17, 15) is 0 Å². The fourth-order valence-corrected chi connectivity index (χ4v) is 3.89. The predicted octanol–water partition coefficient (Wildman–Crippen LogP) is 4.78. The first-order chi connectivity index (χ1) is 8.76. The summed E-state index contributed by atoms with van der Waals surface area (Å²) in [6.07, 6.45) is 1.89. The van der Waals surface area contributed by atoms with Crippen molar-refractivity contribution in [2.24, 2.45) is 5.92 Å². The molecule has 3 rings (SSSR count). The molecule has 1 unspecified atom stereocenters. The molecule has 0 saturated heterocycles. The number of allylic oxidation sites excluding steroid dienone is 1. The van der Waals surface area contributed by atoms with Gasteiger partial charge in [0.05, 0.1) is 6.26 Å². The van der Waals surface area contributed by atoms with Gasteiger partial charge in [-0.15, -0.1) is 0 Å². The number of hydrogen-bond acceptors (Lipinski definition) is 1. The van der Waals surface area contributed by atoms with E-state index in [1.807, 2.05) is 6.26 Å². The van der Waals surface area contributed by atoms with Gasteiger partial charge in [0, 0.05) is 0 Å². The van der Waals surface area contributed by atoms with Gasteiger partial charge in [0.1, 0.15) is 6.61 Å². The lowest BCUT2D eigenvalue weighted by Gasteiger charge is -2.32. The average molecular weight is 256 g/mol. The molecule has 2 aliphatic rings. The molecule has 0 aromatic heterocycles. The first-order valence-electron chi connectivity index (χ1n) is 7.23. The van der Waals surface area contributed by atoms with E-state index in [0.29, 0.717) is 12.5 Å². The Bertz CT molecular complexity index is 576. The van der Waals surface area contributed by atoms with E-state index in [4.69, 9.17) is 4.74 Å². The monoisotopic (exact) mass is 256 g/mol. The molecule has 0 radical (unpaired) electrons. The molecule has 0 saturated carbocycles. The summed E-state index contributed by atoms with van der Waals surface area (Å²) in [6, 6.07) is 4.82. The lowest BCUT2D eigenvalue weighted by molar-refractivity contribution is 0.232. The van der Waals surface area contributed by atoms with Gasteiger partial charge in [-0.2, -0.15) is 0 Å². The number of benzene rings is 1. The van der Waals surface area contributed by atoms with Crippen molar-refractivity contribution in [2.45, 2.75) is 59.0 Å². The maximum atomic E-state index is 5.55. The van der Waals surface area contributed by atoms with Crippen molar-refractivity contribution in [3.05, 3.63) is 40.6 Å². The van der Waals surface area contributed by atoms with Crippen LogP contribution >= 0.6 is 0 Å². The van der Waals surface area contributed by atoms with Crippen molar-refractivity contribution in [1.29, 1.82) is 0 Å². The summed E-state index contributed by atoms with van der Waals surface area (Å²) in [5.41, 5.74) is 7.49. The van der Waals surface area contributed by atoms with Gasteiger partial charge in [-0.3, -0.25) is 0 Å². The minimum absolute atomic E-state index is 0.239. The Morgan fingerprint density at radius 2 is 1.63 bits per heavy atom. The SMILES string of the molecule is CC1=COCc2cc3c(cc21)C(C)(C)C(C)C3(C)C. The van der Waals surface area contributed by atoms with Crippen molar-refractivity contribution in [3.63, 3.8) is 0 Å². The molecule has 1 aromatic carbocycles. The van der Waals surface area contributed by atoms with Crippen molar-refractivity contribution in [3.8, 4) is 0 Å². The van der Waals surface area contributed by atoms with Gasteiger partial charge in [0.15, 0.2) is 0 Å². The zero-order valence-corrected chi connectivity index (χ0v) is 12.9. The molecule has 1 heteroatoms. The average Bonchev–Trinajstić information content (AvgIpc) is 2.48. The summed E-state index contributed by atoms with van der Waals surface area (Å²) in [5.74, 6) is 0.643. The summed E-state index contributed by atoms with van der Waals surface area (Å²) in [4.78, 5) is 0. The number of ether oxygens (including phenoxy) is 1. The number of fused-ring (bicyclic) bond motifs is 2. The molecule has 1 heterocycles. The van der Waals surface area contributed by atoms with Gasteiger partial charge in [-0.05, 0) is 51.5 Å². The van der Waals surface area contributed by atoms with Crippen LogP contribution in [0, 0.1) is 5.92 Å². The highest BCUT2D eigenvalue weighted by molar-refractivity contribution is 5.70. The molecule has 0 spiro atoms. The second kappa shape index (κ2) is 3.65. The molecule has 102 valence electrons. The smallest absolute Gasteiger partial charge is 0.113 e. The highest BCUT2D eigenvalue weighted by atomic mass is 16.5. The highest BCUT2D eigenvalue weighted by Crippen LogP contribution is 2.54. The molecule has 1 atom stereocenters. The number of hydrogen-bond donors (Lipinski definition) is 0. The molecule has 1 aliphatic heterocycles. The van der Waals surface area contributed by atoms with E-state index >= 15 is 0 Å². The van der Waals surface area contributed by atoms with Gasteiger partial charge >= 0.3 is 0 Å². The first-order valence-corrected chi connectivity index (χ1v) is 7.23. The molecule has 1 aliphatic carbocycles. The summed E-state index contributed by atoms with van der Waals surface area (Å²) in [7, 11) is 0. The van der Waals surface area contributed by atoms with Crippen molar-refractivity contribution >= 4 is 5.57 Å². The summed E-state index contributed by atoms with van der Waals surface area (Å²) in [5, 5.41) is 0. The molecule has 19 heavy (non-hydrogen) atoms. The summed E-state index contributed by atoms with van der Waals surface area (Å²) < 4.78 is 5.55. The van der Waals surface area contributed by atoms with Crippen LogP contribution in [-0.2, 0) is 22.2 Å². The quantitative estimate of drug-likeness (QED) is 0.649. The highest BCUT2D eigenvalue weighted by Gasteiger charge is 2.48. The lowest BCUT2D eigenvalue weighted by Crippen LogP contribution is -2.30. The predicted molar refractivity (Wildman–Crippen MR) is 80.1 cm³/mol. The molecule has 0 amide bonds. The van der Waals surface area contributed by atoms with Gasteiger partial charge in [-0.25, -0.2) is 0 Å². The first kappa shape index (κ1) is 12.8. The largest absolute Gasteiger partial charge is 0.496 e. The Balaban J connectivity index is 2.29. The fourth-order valence-electron chi connectivity index (χ4n) is 3.89. The minimum Gasteiger partial charge on any atom is -0.496 e. The summed E-state index contributed by atoms with van der Waals surface area (Å²) in [6.45, 7) is 14.8. The van der Waals surface area contributed by atoms with E-state index in [0.717, 1.165) is 0 Å². The van der Waals surface area contributed by atoms with Crippen molar-refractivity contribution < 1.29 is 4.74 Å². The van der Waals surface area contributed by atoms with Gasteiger partial charge in [-0.1, -0.05) is 46.8 Å². The second-order valence-electron chi connectivity index (χ2n) is 7.33. The molecule has 0 bridgehead atoms. The molecule has 1 nitrogen and oxygen atoms in total. The fraction of sp³-hybridized carbons (Fsp3) is 0.556. The van der Waals surface area contributed by atoms with E-state index in [-0.39, 0.29) is 10.8 Å². The summed E-state index contributed by atoms with van der Waals surface area (Å²) >= 11 is 0. The van der Waals surface area contributed by atoms with Crippen LogP contribution in [0.25, 0.3) is 5.57 Å². The third-order valence-corrected chi connectivity index (χ3v) is 5.72. The maximum Gasteiger partial charge on any atom is 0.113 e. The van der Waals surface area contributed by atoms with Crippen LogP contribution in [0.5, 0.6) is 0 Å². The molecule has 0 N–H and O–H groups in total. The Morgan fingerprint density at radius 3 is 2.26 bits per heavy atom. The zero-order chi connectivity index (χ0) is 14.0. The Labute approximate surface area is 116 Å². The third kappa shape index (κ3) is 1.54. The maximum absolute atomic E-state index is 5.55. The minimum atomic E-state index is 0.239. The van der Waals surface area contributed by atoms with Gasteiger partial charge in [0.25, 0.3) is 0 Å². The molecular formula is C18H24O.